The van der Waals surface area contributed by atoms with Crippen molar-refractivity contribution in [1.29, 1.82) is 0 Å². The van der Waals surface area contributed by atoms with E-state index in [-0.39, 0.29) is 5.56 Å². The van der Waals surface area contributed by atoms with Gasteiger partial charge in [-0.25, -0.2) is 0 Å². The van der Waals surface area contributed by atoms with E-state index in [1.54, 1.807) is 12.1 Å². The smallest absolute Gasteiger partial charge is 0.380 e. The van der Waals surface area contributed by atoms with E-state index in [0.29, 0.717) is 5.56 Å². The van der Waals surface area contributed by atoms with Crippen LogP contribution in [0.4, 0.5) is 13.2 Å². The Morgan fingerprint density at radius 1 is 1.32 bits per heavy atom. The Balaban J connectivity index is 3.31. The number of primary amides is 1. The summed E-state index contributed by atoms with van der Waals surface area (Å²) in [6, 6.07) is 6.12. The Morgan fingerprint density at radius 2 is 1.86 bits per heavy atom. The van der Waals surface area contributed by atoms with Gasteiger partial charge in [-0.3, -0.25) is 4.79 Å². The molecule has 6 heteroatoms. The molecular formula is C16H18F3NO2. The van der Waals surface area contributed by atoms with Gasteiger partial charge in [0.25, 0.3) is 0 Å². The number of alkyl halides is 3. The second-order valence-electron chi connectivity index (χ2n) is 5.88. The van der Waals surface area contributed by atoms with E-state index in [1.165, 1.54) is 26.0 Å². The van der Waals surface area contributed by atoms with E-state index in [9.17, 15) is 23.1 Å². The van der Waals surface area contributed by atoms with Gasteiger partial charge in [-0.15, -0.1) is 12.3 Å². The molecule has 1 aromatic carbocycles. The Hall–Kier alpha value is -2.00. The van der Waals surface area contributed by atoms with Gasteiger partial charge in [-0.05, 0) is 23.5 Å². The quantitative estimate of drug-likeness (QED) is 0.821. The maximum Gasteiger partial charge on any atom is 0.418 e. The second-order valence-corrected chi connectivity index (χ2v) is 5.88. The van der Waals surface area contributed by atoms with Crippen LogP contribution in [0.3, 0.4) is 0 Å². The first-order valence-corrected chi connectivity index (χ1v) is 6.56. The standard InChI is InChI=1S/C16H18F3NO2/c1-4-9-15(22,16(17,18)19)10-14(2,3)12-8-6-5-7-11(12)13(20)21/h1,5-8,22H,9-10H2,2-3H3,(H2,20,21)/t15-/m1/s1. The van der Waals surface area contributed by atoms with Crippen LogP contribution in [0.2, 0.25) is 0 Å². The Bertz CT molecular complexity index is 602. The van der Waals surface area contributed by atoms with Gasteiger partial charge in [0.2, 0.25) is 5.91 Å². The molecule has 1 aromatic rings. The number of hydrogen-bond donors (Lipinski definition) is 2. The van der Waals surface area contributed by atoms with E-state index >= 15 is 0 Å². The topological polar surface area (TPSA) is 63.3 Å². The molecular weight excluding hydrogens is 295 g/mol. The summed E-state index contributed by atoms with van der Waals surface area (Å²) < 4.78 is 39.5. The van der Waals surface area contributed by atoms with Crippen LogP contribution >= 0.6 is 0 Å². The molecule has 1 atom stereocenters. The molecule has 0 aromatic heterocycles. The summed E-state index contributed by atoms with van der Waals surface area (Å²) in [5.74, 6) is 1.12. The van der Waals surface area contributed by atoms with Crippen molar-refractivity contribution >= 4 is 5.91 Å². The highest BCUT2D eigenvalue weighted by atomic mass is 19.4. The molecule has 0 heterocycles. The number of carbonyl (C=O) groups is 1. The molecule has 3 N–H and O–H groups in total. The third-order valence-electron chi connectivity index (χ3n) is 3.58. The van der Waals surface area contributed by atoms with Gasteiger partial charge >= 0.3 is 6.18 Å². The number of rotatable bonds is 5. The summed E-state index contributed by atoms with van der Waals surface area (Å²) in [5.41, 5.74) is 1.53. The lowest BCUT2D eigenvalue weighted by Gasteiger charge is -2.37. The van der Waals surface area contributed by atoms with Gasteiger partial charge in [0, 0.05) is 12.0 Å². The van der Waals surface area contributed by atoms with Gasteiger partial charge in [0.1, 0.15) is 0 Å². The fourth-order valence-corrected chi connectivity index (χ4v) is 2.55. The van der Waals surface area contributed by atoms with Gasteiger partial charge in [-0.1, -0.05) is 32.0 Å². The molecule has 0 aliphatic carbocycles. The Kier molecular flexibility index (Phi) is 4.93. The van der Waals surface area contributed by atoms with Crippen LogP contribution in [0, 0.1) is 12.3 Å². The molecule has 1 rings (SSSR count). The minimum Gasteiger partial charge on any atom is -0.380 e. The monoisotopic (exact) mass is 313 g/mol. The highest BCUT2D eigenvalue weighted by Gasteiger charge is 2.55. The Labute approximate surface area is 127 Å². The highest BCUT2D eigenvalue weighted by molar-refractivity contribution is 5.94. The fourth-order valence-electron chi connectivity index (χ4n) is 2.55. The first kappa shape index (κ1) is 18.1. The molecule has 0 aliphatic rings. The molecule has 0 saturated heterocycles. The number of aliphatic hydroxyl groups is 1. The predicted molar refractivity (Wildman–Crippen MR) is 77.1 cm³/mol. The summed E-state index contributed by atoms with van der Waals surface area (Å²) in [6.07, 6.45) is -1.46. The predicted octanol–water partition coefficient (Wildman–Crippen LogP) is 2.77. The van der Waals surface area contributed by atoms with E-state index < -0.39 is 35.9 Å². The fraction of sp³-hybridized carbons (Fsp3) is 0.438. The molecule has 0 aliphatic heterocycles. The SMILES string of the molecule is C#CC[C@@](O)(CC(C)(C)c1ccccc1C(N)=O)C(F)(F)F. The van der Waals surface area contributed by atoms with Crippen molar-refractivity contribution in [1.82, 2.24) is 0 Å². The number of amides is 1. The van der Waals surface area contributed by atoms with E-state index in [1.807, 2.05) is 5.92 Å². The first-order chi connectivity index (χ1) is 9.94. The molecule has 1 amide bonds. The van der Waals surface area contributed by atoms with Gasteiger partial charge in [0.15, 0.2) is 5.60 Å². The van der Waals surface area contributed by atoms with Gasteiger partial charge < -0.3 is 10.8 Å². The maximum atomic E-state index is 13.2. The van der Waals surface area contributed by atoms with Crippen molar-refractivity contribution in [3.63, 3.8) is 0 Å². The average Bonchev–Trinajstić information content (AvgIpc) is 2.37. The van der Waals surface area contributed by atoms with Gasteiger partial charge in [-0.2, -0.15) is 13.2 Å². The molecule has 0 bridgehead atoms. The summed E-state index contributed by atoms with van der Waals surface area (Å²) in [5, 5.41) is 9.99. The lowest BCUT2D eigenvalue weighted by atomic mass is 9.72. The molecule has 120 valence electrons. The van der Waals surface area contributed by atoms with E-state index in [0.717, 1.165) is 0 Å². The van der Waals surface area contributed by atoms with E-state index in [2.05, 4.69) is 0 Å². The third-order valence-corrected chi connectivity index (χ3v) is 3.58. The zero-order chi connectivity index (χ0) is 17.2. The number of terminal acetylenes is 1. The molecule has 3 nitrogen and oxygen atoms in total. The second kappa shape index (κ2) is 6.01. The summed E-state index contributed by atoms with van der Waals surface area (Å²) in [4.78, 5) is 11.5. The average molecular weight is 313 g/mol. The highest BCUT2D eigenvalue weighted by Crippen LogP contribution is 2.43. The van der Waals surface area contributed by atoms with Gasteiger partial charge in [0.05, 0.1) is 0 Å². The van der Waals surface area contributed by atoms with Crippen molar-refractivity contribution < 1.29 is 23.1 Å². The number of nitrogens with two attached hydrogens (primary N) is 1. The molecule has 22 heavy (non-hydrogen) atoms. The van der Waals surface area contributed by atoms with Crippen molar-refractivity contribution in [2.75, 3.05) is 0 Å². The van der Waals surface area contributed by atoms with Crippen LogP contribution < -0.4 is 5.73 Å². The lowest BCUT2D eigenvalue weighted by molar-refractivity contribution is -0.264. The number of hydrogen-bond acceptors (Lipinski definition) is 2. The maximum absolute atomic E-state index is 13.2. The molecule has 0 radical (unpaired) electrons. The van der Waals surface area contributed by atoms with Crippen LogP contribution in [0.25, 0.3) is 0 Å². The van der Waals surface area contributed by atoms with Crippen molar-refractivity contribution in [2.45, 2.75) is 43.9 Å². The van der Waals surface area contributed by atoms with Crippen LogP contribution in [-0.4, -0.2) is 22.8 Å². The third kappa shape index (κ3) is 3.60. The van der Waals surface area contributed by atoms with E-state index in [4.69, 9.17) is 12.2 Å². The summed E-state index contributed by atoms with van der Waals surface area (Å²) >= 11 is 0. The first-order valence-electron chi connectivity index (χ1n) is 6.56. The summed E-state index contributed by atoms with van der Waals surface area (Å²) in [6.45, 7) is 3.00. The normalized spacial score (nSPS) is 15.0. The molecule has 0 saturated carbocycles. The number of halogens is 3. The number of benzene rings is 1. The van der Waals surface area contributed by atoms with Crippen LogP contribution in [0.1, 0.15) is 42.6 Å². The molecule has 0 spiro atoms. The molecule has 0 unspecified atom stereocenters. The molecule has 0 fully saturated rings. The van der Waals surface area contributed by atoms with Crippen LogP contribution in [0.5, 0.6) is 0 Å². The van der Waals surface area contributed by atoms with Crippen molar-refractivity contribution in [3.8, 4) is 12.3 Å². The number of carbonyl (C=O) groups excluding carboxylic acids is 1. The van der Waals surface area contributed by atoms with Crippen molar-refractivity contribution in [3.05, 3.63) is 35.4 Å². The Morgan fingerprint density at radius 3 is 2.32 bits per heavy atom. The zero-order valence-electron chi connectivity index (χ0n) is 12.4. The summed E-state index contributed by atoms with van der Waals surface area (Å²) in [7, 11) is 0. The largest absolute Gasteiger partial charge is 0.418 e. The lowest BCUT2D eigenvalue weighted by Crippen LogP contribution is -2.49. The van der Waals surface area contributed by atoms with Crippen LogP contribution in [0.15, 0.2) is 24.3 Å². The van der Waals surface area contributed by atoms with Crippen molar-refractivity contribution in [2.24, 2.45) is 5.73 Å². The minimum absolute atomic E-state index is 0.123. The zero-order valence-corrected chi connectivity index (χ0v) is 12.4. The van der Waals surface area contributed by atoms with Crippen LogP contribution in [-0.2, 0) is 5.41 Å². The minimum atomic E-state index is -4.88.